The number of amides is 2. The van der Waals surface area contributed by atoms with E-state index in [4.69, 9.17) is 9.47 Å². The quantitative estimate of drug-likeness (QED) is 0.632. The molecule has 1 aromatic heterocycles. The molecule has 2 heterocycles. The van der Waals surface area contributed by atoms with E-state index in [1.807, 2.05) is 6.92 Å². The van der Waals surface area contributed by atoms with Crippen molar-refractivity contribution in [2.24, 2.45) is 5.92 Å². The second-order valence-electron chi connectivity index (χ2n) is 8.66. The second kappa shape index (κ2) is 11.8. The van der Waals surface area contributed by atoms with Crippen LogP contribution in [0.3, 0.4) is 0 Å². The molecule has 2 aromatic rings. The highest BCUT2D eigenvalue weighted by Crippen LogP contribution is 2.27. The van der Waals surface area contributed by atoms with E-state index >= 15 is 0 Å². The second-order valence-corrected chi connectivity index (χ2v) is 8.66. The Morgan fingerprint density at radius 1 is 1.34 bits per heavy atom. The molecule has 1 aromatic carbocycles. The first-order valence-corrected chi connectivity index (χ1v) is 11.3. The van der Waals surface area contributed by atoms with Gasteiger partial charge in [-0.1, -0.05) is 18.8 Å². The molecule has 2 amide bonds. The summed E-state index contributed by atoms with van der Waals surface area (Å²) in [6, 6.07) is 6.95. The number of aromatic nitrogens is 1. The molecule has 0 fully saturated rings. The van der Waals surface area contributed by atoms with Crippen LogP contribution in [0.5, 0.6) is 5.88 Å². The smallest absolute Gasteiger partial charge is 0.259 e. The van der Waals surface area contributed by atoms with Crippen LogP contribution in [0.15, 0.2) is 36.5 Å². The van der Waals surface area contributed by atoms with Gasteiger partial charge in [0.05, 0.1) is 19.2 Å². The summed E-state index contributed by atoms with van der Waals surface area (Å²) in [5.74, 6) is 5.00. The minimum absolute atomic E-state index is 0.0469. The zero-order chi connectivity index (χ0) is 25.5. The van der Waals surface area contributed by atoms with E-state index in [0.717, 1.165) is 0 Å². The molecule has 0 spiro atoms. The molecular weight excluding hydrogens is 453 g/mol. The highest BCUT2D eigenvalue weighted by atomic mass is 19.1. The van der Waals surface area contributed by atoms with E-state index in [-0.39, 0.29) is 54.8 Å². The molecule has 9 heteroatoms. The van der Waals surface area contributed by atoms with Crippen LogP contribution in [0, 0.1) is 23.6 Å². The van der Waals surface area contributed by atoms with Crippen molar-refractivity contribution in [3.8, 4) is 17.7 Å². The van der Waals surface area contributed by atoms with Crippen molar-refractivity contribution < 1.29 is 28.6 Å². The number of nitrogens with zero attached hydrogens (tertiary/aromatic N) is 3. The fourth-order valence-corrected chi connectivity index (χ4v) is 3.67. The fourth-order valence-electron chi connectivity index (χ4n) is 3.67. The fraction of sp³-hybridized carbons (Fsp3) is 0.423. The van der Waals surface area contributed by atoms with Gasteiger partial charge >= 0.3 is 0 Å². The highest BCUT2D eigenvalue weighted by molar-refractivity contribution is 5.97. The molecule has 35 heavy (non-hydrogen) atoms. The van der Waals surface area contributed by atoms with E-state index in [9.17, 15) is 19.1 Å². The molecule has 0 saturated carbocycles. The SMILES string of the molecule is COCC(=O)N(C)C[C@@H]1Oc2ncc(C#Cc3ccc(F)cc3)cc2C(=O)N(C(C)CO)C[C@@H]1C. The van der Waals surface area contributed by atoms with Crippen molar-refractivity contribution in [1.29, 1.82) is 0 Å². The molecule has 1 unspecified atom stereocenters. The Morgan fingerprint density at radius 3 is 2.69 bits per heavy atom. The predicted molar refractivity (Wildman–Crippen MR) is 127 cm³/mol. The summed E-state index contributed by atoms with van der Waals surface area (Å²) in [5, 5.41) is 9.77. The van der Waals surface area contributed by atoms with E-state index in [0.29, 0.717) is 17.7 Å². The van der Waals surface area contributed by atoms with Gasteiger partial charge in [-0.25, -0.2) is 9.37 Å². The summed E-state index contributed by atoms with van der Waals surface area (Å²) in [6.45, 7) is 4.03. The topological polar surface area (TPSA) is 92.2 Å². The molecule has 1 aliphatic rings. The van der Waals surface area contributed by atoms with Gasteiger partial charge < -0.3 is 24.4 Å². The van der Waals surface area contributed by atoms with Crippen molar-refractivity contribution in [1.82, 2.24) is 14.8 Å². The first-order valence-electron chi connectivity index (χ1n) is 11.3. The van der Waals surface area contributed by atoms with Crippen LogP contribution in [0.1, 0.15) is 35.3 Å². The Balaban J connectivity index is 1.96. The molecule has 0 bridgehead atoms. The molecule has 186 valence electrons. The summed E-state index contributed by atoms with van der Waals surface area (Å²) >= 11 is 0. The maximum absolute atomic E-state index is 13.4. The predicted octanol–water partition coefficient (Wildman–Crippen LogP) is 1.95. The Kier molecular flexibility index (Phi) is 8.79. The van der Waals surface area contributed by atoms with E-state index in [2.05, 4.69) is 16.8 Å². The van der Waals surface area contributed by atoms with Crippen LogP contribution in [-0.2, 0) is 9.53 Å². The number of ether oxygens (including phenoxy) is 2. The lowest BCUT2D eigenvalue weighted by Gasteiger charge is -2.37. The molecule has 1 N–H and O–H groups in total. The van der Waals surface area contributed by atoms with Crippen LogP contribution in [0.25, 0.3) is 0 Å². The standard InChI is InChI=1S/C26H30FN3O5/c1-17-13-30(18(2)15-31)26(33)22-11-20(6-5-19-7-9-21(27)10-8-19)12-28-25(22)35-23(17)14-29(3)24(32)16-34-4/h7-12,17-18,23,31H,13-16H2,1-4H3/t17-,18?,23-/m0/s1. The average Bonchev–Trinajstić information content (AvgIpc) is 2.85. The maximum Gasteiger partial charge on any atom is 0.259 e. The molecule has 8 nitrogen and oxygen atoms in total. The zero-order valence-electron chi connectivity index (χ0n) is 20.3. The van der Waals surface area contributed by atoms with E-state index in [1.54, 1.807) is 37.1 Å². The summed E-state index contributed by atoms with van der Waals surface area (Å²) in [4.78, 5) is 33.2. The highest BCUT2D eigenvalue weighted by Gasteiger charge is 2.34. The Hall–Kier alpha value is -3.48. The summed E-state index contributed by atoms with van der Waals surface area (Å²) in [7, 11) is 3.12. The van der Waals surface area contributed by atoms with Crippen molar-refractivity contribution in [3.05, 3.63) is 59.0 Å². The average molecular weight is 484 g/mol. The number of carbonyl (C=O) groups is 2. The minimum atomic E-state index is -0.454. The molecular formula is C26H30FN3O5. The van der Waals surface area contributed by atoms with Gasteiger partial charge in [0.25, 0.3) is 5.91 Å². The summed E-state index contributed by atoms with van der Waals surface area (Å²) < 4.78 is 24.2. The van der Waals surface area contributed by atoms with Crippen molar-refractivity contribution in [2.45, 2.75) is 26.0 Å². The monoisotopic (exact) mass is 483 g/mol. The van der Waals surface area contributed by atoms with Crippen LogP contribution in [-0.4, -0.2) is 84.3 Å². The van der Waals surface area contributed by atoms with Gasteiger partial charge in [-0.05, 0) is 37.3 Å². The number of aliphatic hydroxyl groups is 1. The first-order chi connectivity index (χ1) is 16.7. The number of likely N-dealkylation sites (N-methyl/N-ethyl adjacent to an activating group) is 1. The van der Waals surface area contributed by atoms with Gasteiger partial charge in [0, 0.05) is 43.9 Å². The van der Waals surface area contributed by atoms with Crippen LogP contribution < -0.4 is 4.74 Å². The molecule has 1 aliphatic heterocycles. The molecule has 3 atom stereocenters. The number of hydrogen-bond donors (Lipinski definition) is 1. The van der Waals surface area contributed by atoms with Gasteiger partial charge in [-0.15, -0.1) is 0 Å². The molecule has 0 radical (unpaired) electrons. The lowest BCUT2D eigenvalue weighted by molar-refractivity contribution is -0.135. The Bertz CT molecular complexity index is 1110. The van der Waals surface area contributed by atoms with Gasteiger partial charge in [-0.2, -0.15) is 0 Å². The minimum Gasteiger partial charge on any atom is -0.472 e. The van der Waals surface area contributed by atoms with Crippen molar-refractivity contribution in [3.63, 3.8) is 0 Å². The number of hydrogen-bond acceptors (Lipinski definition) is 6. The number of pyridine rings is 1. The number of carbonyl (C=O) groups excluding carboxylic acids is 2. The van der Waals surface area contributed by atoms with Crippen LogP contribution in [0.2, 0.25) is 0 Å². The maximum atomic E-state index is 13.4. The Morgan fingerprint density at radius 2 is 2.03 bits per heavy atom. The van der Waals surface area contributed by atoms with Gasteiger partial charge in [0.15, 0.2) is 0 Å². The van der Waals surface area contributed by atoms with Gasteiger partial charge in [0.2, 0.25) is 11.8 Å². The third-order valence-electron chi connectivity index (χ3n) is 5.86. The first kappa shape index (κ1) is 26.1. The van der Waals surface area contributed by atoms with E-state index in [1.165, 1.54) is 30.3 Å². The third-order valence-corrected chi connectivity index (χ3v) is 5.86. The number of fused-ring (bicyclic) bond motifs is 1. The molecule has 0 saturated heterocycles. The van der Waals surface area contributed by atoms with Crippen LogP contribution >= 0.6 is 0 Å². The lowest BCUT2D eigenvalue weighted by atomic mass is 10.00. The summed E-state index contributed by atoms with van der Waals surface area (Å²) in [5.41, 5.74) is 1.33. The zero-order valence-corrected chi connectivity index (χ0v) is 20.3. The van der Waals surface area contributed by atoms with E-state index < -0.39 is 12.1 Å². The number of rotatable bonds is 6. The van der Waals surface area contributed by atoms with Crippen molar-refractivity contribution >= 4 is 11.8 Å². The third kappa shape index (κ3) is 6.56. The molecule has 3 rings (SSSR count). The normalized spacial score (nSPS) is 18.3. The summed E-state index contributed by atoms with van der Waals surface area (Å²) in [6.07, 6.45) is 1.05. The molecule has 0 aliphatic carbocycles. The lowest BCUT2D eigenvalue weighted by Crippen LogP contribution is -2.50. The van der Waals surface area contributed by atoms with Crippen LogP contribution in [0.4, 0.5) is 4.39 Å². The number of aliphatic hydroxyl groups excluding tert-OH is 1. The number of halogens is 1. The number of benzene rings is 1. The van der Waals surface area contributed by atoms with Gasteiger partial charge in [-0.3, -0.25) is 9.59 Å². The van der Waals surface area contributed by atoms with Gasteiger partial charge in [0.1, 0.15) is 24.1 Å². The number of methoxy groups -OCH3 is 1. The largest absolute Gasteiger partial charge is 0.472 e. The van der Waals surface area contributed by atoms with Crippen molar-refractivity contribution in [2.75, 3.05) is 40.5 Å². The Labute approximate surface area is 204 Å².